The van der Waals surface area contributed by atoms with E-state index < -0.39 is 0 Å². The Kier molecular flexibility index (Phi) is 4.94. The van der Waals surface area contributed by atoms with Crippen molar-refractivity contribution < 1.29 is 14.6 Å². The largest absolute Gasteiger partial charge is 0.468 e. The first-order valence-corrected chi connectivity index (χ1v) is 5.62. The number of aliphatic hydroxyl groups excluding tert-OH is 1. The summed E-state index contributed by atoms with van der Waals surface area (Å²) in [5, 5.41) is 9.41. The van der Waals surface area contributed by atoms with E-state index in [1.807, 2.05) is 0 Å². The number of ether oxygens (including phenoxy) is 1. The van der Waals surface area contributed by atoms with Gasteiger partial charge in [-0.25, -0.2) is 0 Å². The summed E-state index contributed by atoms with van der Waals surface area (Å²) in [4.78, 5) is 11.7. The average molecular weight is 247 g/mol. The lowest BCUT2D eigenvalue weighted by Gasteiger charge is -2.04. The molecular weight excluding hydrogens is 236 g/mol. The summed E-state index contributed by atoms with van der Waals surface area (Å²) in [6.45, 7) is -0.0400. The Morgan fingerprint density at radius 2 is 2.33 bits per heavy atom. The van der Waals surface area contributed by atoms with Crippen LogP contribution in [0.1, 0.15) is 5.56 Å². The molecule has 0 unspecified atom stereocenters. The van der Waals surface area contributed by atoms with Crippen molar-refractivity contribution in [1.82, 2.24) is 0 Å². The number of carbonyl (C=O) groups excluding carboxylic acids is 1. The molecule has 5 heteroatoms. The van der Waals surface area contributed by atoms with Crippen LogP contribution in [-0.4, -0.2) is 23.9 Å². The third-order valence-corrected chi connectivity index (χ3v) is 3.22. The number of thioether (sulfide) groups is 1. The molecule has 0 heterocycles. The van der Waals surface area contributed by atoms with Crippen LogP contribution >= 0.6 is 23.4 Å². The topological polar surface area (TPSA) is 46.5 Å². The van der Waals surface area contributed by atoms with Crippen LogP contribution in [0.3, 0.4) is 0 Å². The van der Waals surface area contributed by atoms with Crippen LogP contribution in [0.5, 0.6) is 0 Å². The van der Waals surface area contributed by atoms with Gasteiger partial charge in [0.05, 0.1) is 24.5 Å². The van der Waals surface area contributed by atoms with Crippen molar-refractivity contribution in [1.29, 1.82) is 0 Å². The number of benzene rings is 1. The van der Waals surface area contributed by atoms with Gasteiger partial charge in [0.1, 0.15) is 0 Å². The number of carbonyl (C=O) groups is 1. The van der Waals surface area contributed by atoms with Crippen molar-refractivity contribution in [2.75, 3.05) is 12.9 Å². The highest BCUT2D eigenvalue weighted by atomic mass is 35.5. The van der Waals surface area contributed by atoms with Crippen LogP contribution in [0.15, 0.2) is 23.1 Å². The number of esters is 1. The van der Waals surface area contributed by atoms with Crippen molar-refractivity contribution in [3.05, 3.63) is 28.8 Å². The molecule has 0 aliphatic heterocycles. The van der Waals surface area contributed by atoms with Gasteiger partial charge in [-0.2, -0.15) is 0 Å². The van der Waals surface area contributed by atoms with E-state index in [1.54, 1.807) is 18.2 Å². The lowest BCUT2D eigenvalue weighted by molar-refractivity contribution is -0.137. The maximum Gasteiger partial charge on any atom is 0.315 e. The number of hydrogen-bond acceptors (Lipinski definition) is 4. The first-order valence-electron chi connectivity index (χ1n) is 4.26. The molecule has 0 amide bonds. The lowest BCUT2D eigenvalue weighted by atomic mass is 10.2. The highest BCUT2D eigenvalue weighted by molar-refractivity contribution is 8.00. The first-order chi connectivity index (χ1) is 7.17. The zero-order valence-corrected chi connectivity index (χ0v) is 9.77. The normalized spacial score (nSPS) is 10.1. The van der Waals surface area contributed by atoms with Gasteiger partial charge < -0.3 is 9.84 Å². The molecule has 0 aliphatic carbocycles. The minimum Gasteiger partial charge on any atom is -0.468 e. The molecule has 82 valence electrons. The molecule has 1 aromatic carbocycles. The summed E-state index contributed by atoms with van der Waals surface area (Å²) in [5.74, 6) is -0.0587. The van der Waals surface area contributed by atoms with Crippen LogP contribution in [0, 0.1) is 0 Å². The molecule has 0 saturated heterocycles. The highest BCUT2D eigenvalue weighted by Gasteiger charge is 2.06. The van der Waals surface area contributed by atoms with E-state index in [1.165, 1.54) is 18.9 Å². The van der Waals surface area contributed by atoms with E-state index in [-0.39, 0.29) is 18.3 Å². The second kappa shape index (κ2) is 6.00. The summed E-state index contributed by atoms with van der Waals surface area (Å²) in [6.07, 6.45) is 0. The Morgan fingerprint density at radius 1 is 1.60 bits per heavy atom. The predicted octanol–water partition coefficient (Wildman–Crippen LogP) is 2.10. The van der Waals surface area contributed by atoms with Gasteiger partial charge in [-0.15, -0.1) is 11.8 Å². The Labute approximate surface area is 97.4 Å². The monoisotopic (exact) mass is 246 g/mol. The molecule has 0 bridgehead atoms. The lowest BCUT2D eigenvalue weighted by Crippen LogP contribution is -2.02. The van der Waals surface area contributed by atoms with E-state index >= 15 is 0 Å². The minimum absolute atomic E-state index is 0.0400. The molecule has 0 aromatic heterocycles. The van der Waals surface area contributed by atoms with E-state index in [2.05, 4.69) is 4.74 Å². The molecule has 0 atom stereocenters. The van der Waals surface area contributed by atoms with Gasteiger partial charge in [-0.3, -0.25) is 4.79 Å². The van der Waals surface area contributed by atoms with Crippen molar-refractivity contribution in [3.8, 4) is 0 Å². The Hall–Kier alpha value is -0.710. The number of rotatable bonds is 4. The van der Waals surface area contributed by atoms with E-state index in [4.69, 9.17) is 16.7 Å². The molecule has 1 rings (SSSR count). The van der Waals surface area contributed by atoms with Gasteiger partial charge in [-0.1, -0.05) is 17.7 Å². The summed E-state index contributed by atoms with van der Waals surface area (Å²) >= 11 is 7.26. The van der Waals surface area contributed by atoms with Gasteiger partial charge in [0, 0.05) is 4.90 Å². The van der Waals surface area contributed by atoms with Gasteiger partial charge in [0.2, 0.25) is 0 Å². The van der Waals surface area contributed by atoms with Gasteiger partial charge in [-0.05, 0) is 17.7 Å². The molecule has 0 fully saturated rings. The minimum atomic E-state index is -0.290. The van der Waals surface area contributed by atoms with E-state index in [0.29, 0.717) is 5.02 Å². The number of halogens is 1. The van der Waals surface area contributed by atoms with Crippen molar-refractivity contribution in [3.63, 3.8) is 0 Å². The zero-order valence-electron chi connectivity index (χ0n) is 8.20. The van der Waals surface area contributed by atoms with Crippen LogP contribution in [0.2, 0.25) is 5.02 Å². The summed E-state index contributed by atoms with van der Waals surface area (Å²) in [5.41, 5.74) is 0.752. The Bertz CT molecular complexity index is 355. The molecule has 0 aliphatic rings. The maximum atomic E-state index is 10.9. The van der Waals surface area contributed by atoms with Crippen LogP contribution in [-0.2, 0) is 16.1 Å². The fourth-order valence-electron chi connectivity index (χ4n) is 0.955. The van der Waals surface area contributed by atoms with Gasteiger partial charge in [0.15, 0.2) is 0 Å². The zero-order chi connectivity index (χ0) is 11.3. The summed E-state index contributed by atoms with van der Waals surface area (Å²) in [7, 11) is 1.35. The predicted molar refractivity (Wildman–Crippen MR) is 60.1 cm³/mol. The number of methoxy groups -OCH3 is 1. The second-order valence-electron chi connectivity index (χ2n) is 2.79. The Morgan fingerprint density at radius 3 is 2.87 bits per heavy atom. The smallest absolute Gasteiger partial charge is 0.315 e. The standard InChI is InChI=1S/C10H11ClO3S/c1-14-10(13)6-15-9-3-2-7(5-12)4-8(9)11/h2-4,12H,5-6H2,1H3. The van der Waals surface area contributed by atoms with Crippen LogP contribution in [0.4, 0.5) is 0 Å². The van der Waals surface area contributed by atoms with E-state index in [0.717, 1.165) is 10.5 Å². The van der Waals surface area contributed by atoms with Crippen molar-refractivity contribution in [2.24, 2.45) is 0 Å². The summed E-state index contributed by atoms with van der Waals surface area (Å²) < 4.78 is 4.51. The molecule has 3 nitrogen and oxygen atoms in total. The average Bonchev–Trinajstić information content (AvgIpc) is 2.26. The van der Waals surface area contributed by atoms with E-state index in [9.17, 15) is 4.79 Å². The van der Waals surface area contributed by atoms with Crippen LogP contribution in [0.25, 0.3) is 0 Å². The number of aliphatic hydroxyl groups is 1. The third kappa shape index (κ3) is 3.74. The molecule has 0 spiro atoms. The molecule has 15 heavy (non-hydrogen) atoms. The number of hydrogen-bond donors (Lipinski definition) is 1. The van der Waals surface area contributed by atoms with Crippen molar-refractivity contribution >= 4 is 29.3 Å². The molecule has 0 radical (unpaired) electrons. The maximum absolute atomic E-state index is 10.9. The fourth-order valence-corrected chi connectivity index (χ4v) is 2.07. The molecular formula is C10H11ClO3S. The van der Waals surface area contributed by atoms with Gasteiger partial charge in [0.25, 0.3) is 0 Å². The molecule has 1 aromatic rings. The first kappa shape index (κ1) is 12.4. The van der Waals surface area contributed by atoms with Gasteiger partial charge >= 0.3 is 5.97 Å². The summed E-state index contributed by atoms with van der Waals surface area (Å²) in [6, 6.07) is 5.23. The molecule has 1 N–H and O–H groups in total. The fraction of sp³-hybridized carbons (Fsp3) is 0.300. The third-order valence-electron chi connectivity index (χ3n) is 1.75. The highest BCUT2D eigenvalue weighted by Crippen LogP contribution is 2.28. The van der Waals surface area contributed by atoms with Crippen LogP contribution < -0.4 is 0 Å². The molecule has 0 saturated carbocycles. The second-order valence-corrected chi connectivity index (χ2v) is 4.21. The SMILES string of the molecule is COC(=O)CSc1ccc(CO)cc1Cl. The quantitative estimate of drug-likeness (QED) is 0.653. The van der Waals surface area contributed by atoms with Crippen molar-refractivity contribution in [2.45, 2.75) is 11.5 Å². The Balaban J connectivity index is 2.66.